The molecule has 0 saturated carbocycles. The molecule has 1 rings (SSSR count). The predicted octanol–water partition coefficient (Wildman–Crippen LogP) is 3.26. The summed E-state index contributed by atoms with van der Waals surface area (Å²) in [6, 6.07) is 1.82. The van der Waals surface area contributed by atoms with Crippen LogP contribution in [0.25, 0.3) is 0 Å². The third-order valence-electron chi connectivity index (χ3n) is 2.76. The summed E-state index contributed by atoms with van der Waals surface area (Å²) in [6.07, 6.45) is 8.26. The number of hydrogen-bond donors (Lipinski definition) is 1. The lowest BCUT2D eigenvalue weighted by Crippen LogP contribution is -2.11. The Balaban J connectivity index is 2.37. The molecule has 3 nitrogen and oxygen atoms in total. The van der Waals surface area contributed by atoms with Crippen molar-refractivity contribution in [1.82, 2.24) is 4.98 Å². The summed E-state index contributed by atoms with van der Waals surface area (Å²) in [5, 5.41) is 0. The van der Waals surface area contributed by atoms with Crippen molar-refractivity contribution >= 4 is 5.69 Å². The number of nitrogen functional groups attached to an aromatic ring is 1. The van der Waals surface area contributed by atoms with Crippen LogP contribution in [-0.4, -0.2) is 11.6 Å². The first-order valence-corrected chi connectivity index (χ1v) is 6.09. The first-order chi connectivity index (χ1) is 7.76. The number of aromatic nitrogens is 1. The second-order valence-corrected chi connectivity index (χ2v) is 4.18. The standard InChI is InChI=1S/C13H22N2O/c1-3-5-6-11(4-2)10-16-13-7-12(14)8-15-9-13/h7-9,11H,3-6,10,14H2,1-2H3. The van der Waals surface area contributed by atoms with Crippen molar-refractivity contribution in [2.45, 2.75) is 39.5 Å². The molecular weight excluding hydrogens is 200 g/mol. The van der Waals surface area contributed by atoms with E-state index in [2.05, 4.69) is 18.8 Å². The molecule has 0 radical (unpaired) electrons. The third kappa shape index (κ3) is 4.51. The summed E-state index contributed by atoms with van der Waals surface area (Å²) >= 11 is 0. The largest absolute Gasteiger partial charge is 0.492 e. The number of unbranched alkanes of at least 4 members (excludes halogenated alkanes) is 1. The lowest BCUT2D eigenvalue weighted by atomic mass is 10.0. The summed E-state index contributed by atoms with van der Waals surface area (Å²) in [5.41, 5.74) is 6.29. The van der Waals surface area contributed by atoms with Gasteiger partial charge >= 0.3 is 0 Å². The molecule has 1 atom stereocenters. The molecule has 2 N–H and O–H groups in total. The van der Waals surface area contributed by atoms with Crippen LogP contribution in [0.2, 0.25) is 0 Å². The summed E-state index contributed by atoms with van der Waals surface area (Å²) in [4.78, 5) is 4.00. The van der Waals surface area contributed by atoms with E-state index in [1.54, 1.807) is 12.4 Å². The van der Waals surface area contributed by atoms with Gasteiger partial charge in [-0.25, -0.2) is 0 Å². The average molecular weight is 222 g/mol. The SMILES string of the molecule is CCCCC(CC)COc1cncc(N)c1. The summed E-state index contributed by atoms with van der Waals surface area (Å²) in [7, 11) is 0. The highest BCUT2D eigenvalue weighted by Gasteiger charge is 2.06. The lowest BCUT2D eigenvalue weighted by molar-refractivity contribution is 0.233. The van der Waals surface area contributed by atoms with E-state index in [0.717, 1.165) is 18.8 Å². The van der Waals surface area contributed by atoms with Crippen LogP contribution in [0.3, 0.4) is 0 Å². The maximum atomic E-state index is 5.69. The fourth-order valence-corrected chi connectivity index (χ4v) is 1.63. The number of rotatable bonds is 7. The molecule has 0 aliphatic carbocycles. The van der Waals surface area contributed by atoms with Gasteiger partial charge in [0.1, 0.15) is 5.75 Å². The molecule has 0 aliphatic rings. The number of pyridine rings is 1. The van der Waals surface area contributed by atoms with Gasteiger partial charge in [0, 0.05) is 6.07 Å². The number of nitrogens with two attached hydrogens (primary N) is 1. The van der Waals surface area contributed by atoms with E-state index in [9.17, 15) is 0 Å². The van der Waals surface area contributed by atoms with Crippen molar-refractivity contribution in [3.05, 3.63) is 18.5 Å². The molecule has 1 aromatic heterocycles. The lowest BCUT2D eigenvalue weighted by Gasteiger charge is -2.15. The van der Waals surface area contributed by atoms with E-state index in [1.807, 2.05) is 6.07 Å². The Labute approximate surface area is 98.0 Å². The van der Waals surface area contributed by atoms with Gasteiger partial charge in [-0.2, -0.15) is 0 Å². The highest BCUT2D eigenvalue weighted by atomic mass is 16.5. The van der Waals surface area contributed by atoms with Crippen molar-refractivity contribution in [2.75, 3.05) is 12.3 Å². The van der Waals surface area contributed by atoms with E-state index in [0.29, 0.717) is 11.6 Å². The average Bonchev–Trinajstić information content (AvgIpc) is 2.29. The molecule has 0 fully saturated rings. The molecule has 90 valence electrons. The monoisotopic (exact) mass is 222 g/mol. The Bertz CT molecular complexity index is 302. The Morgan fingerprint density at radius 1 is 1.38 bits per heavy atom. The fraction of sp³-hybridized carbons (Fsp3) is 0.615. The van der Waals surface area contributed by atoms with Crippen molar-refractivity contribution in [2.24, 2.45) is 5.92 Å². The minimum atomic E-state index is 0.640. The first-order valence-electron chi connectivity index (χ1n) is 6.09. The second-order valence-electron chi connectivity index (χ2n) is 4.18. The molecule has 16 heavy (non-hydrogen) atoms. The van der Waals surface area contributed by atoms with Gasteiger partial charge in [-0.05, 0) is 12.3 Å². The van der Waals surface area contributed by atoms with Crippen LogP contribution in [0.15, 0.2) is 18.5 Å². The van der Waals surface area contributed by atoms with Gasteiger partial charge in [0.2, 0.25) is 0 Å². The molecule has 3 heteroatoms. The van der Waals surface area contributed by atoms with Crippen LogP contribution >= 0.6 is 0 Å². The Kier molecular flexibility index (Phi) is 5.68. The zero-order chi connectivity index (χ0) is 11.8. The summed E-state index contributed by atoms with van der Waals surface area (Å²) < 4.78 is 5.69. The first kappa shape index (κ1) is 12.8. The minimum Gasteiger partial charge on any atom is -0.492 e. The number of anilines is 1. The fourth-order valence-electron chi connectivity index (χ4n) is 1.63. The van der Waals surface area contributed by atoms with Gasteiger partial charge in [-0.1, -0.05) is 33.1 Å². The molecule has 0 amide bonds. The highest BCUT2D eigenvalue weighted by Crippen LogP contribution is 2.17. The third-order valence-corrected chi connectivity index (χ3v) is 2.76. The van der Waals surface area contributed by atoms with Gasteiger partial charge in [0.05, 0.1) is 24.7 Å². The minimum absolute atomic E-state index is 0.640. The van der Waals surface area contributed by atoms with Crippen LogP contribution in [0.4, 0.5) is 5.69 Å². The molecule has 0 saturated heterocycles. The van der Waals surface area contributed by atoms with E-state index in [-0.39, 0.29) is 0 Å². The van der Waals surface area contributed by atoms with Gasteiger partial charge in [-0.15, -0.1) is 0 Å². The molecule has 0 aromatic carbocycles. The van der Waals surface area contributed by atoms with Gasteiger partial charge in [0.25, 0.3) is 0 Å². The second kappa shape index (κ2) is 7.09. The van der Waals surface area contributed by atoms with Crippen LogP contribution in [0, 0.1) is 5.92 Å². The molecule has 1 unspecified atom stereocenters. The van der Waals surface area contributed by atoms with Crippen molar-refractivity contribution in [3.8, 4) is 5.75 Å². The van der Waals surface area contributed by atoms with Gasteiger partial charge < -0.3 is 10.5 Å². The molecule has 0 aliphatic heterocycles. The molecule has 1 heterocycles. The van der Waals surface area contributed by atoms with E-state index >= 15 is 0 Å². The van der Waals surface area contributed by atoms with E-state index in [4.69, 9.17) is 10.5 Å². The smallest absolute Gasteiger partial charge is 0.139 e. The normalized spacial score (nSPS) is 12.4. The summed E-state index contributed by atoms with van der Waals surface area (Å²) in [6.45, 7) is 5.19. The maximum absolute atomic E-state index is 5.69. The Morgan fingerprint density at radius 3 is 2.81 bits per heavy atom. The molecule has 1 aromatic rings. The zero-order valence-corrected chi connectivity index (χ0v) is 10.3. The van der Waals surface area contributed by atoms with E-state index < -0.39 is 0 Å². The van der Waals surface area contributed by atoms with Gasteiger partial charge in [0.15, 0.2) is 0 Å². The zero-order valence-electron chi connectivity index (χ0n) is 10.3. The van der Waals surface area contributed by atoms with Gasteiger partial charge in [-0.3, -0.25) is 4.98 Å². The number of hydrogen-bond acceptors (Lipinski definition) is 3. The molecular formula is C13H22N2O. The Morgan fingerprint density at radius 2 is 2.19 bits per heavy atom. The Hall–Kier alpha value is -1.25. The molecule has 0 bridgehead atoms. The topological polar surface area (TPSA) is 48.1 Å². The summed E-state index contributed by atoms with van der Waals surface area (Å²) in [5.74, 6) is 1.41. The van der Waals surface area contributed by atoms with Crippen LogP contribution in [-0.2, 0) is 0 Å². The van der Waals surface area contributed by atoms with Crippen LogP contribution in [0.1, 0.15) is 39.5 Å². The van der Waals surface area contributed by atoms with Crippen molar-refractivity contribution in [3.63, 3.8) is 0 Å². The van der Waals surface area contributed by atoms with Crippen molar-refractivity contribution in [1.29, 1.82) is 0 Å². The van der Waals surface area contributed by atoms with Crippen LogP contribution < -0.4 is 10.5 Å². The quantitative estimate of drug-likeness (QED) is 0.770. The van der Waals surface area contributed by atoms with E-state index in [1.165, 1.54) is 19.3 Å². The molecule has 0 spiro atoms. The highest BCUT2D eigenvalue weighted by molar-refractivity contribution is 5.39. The number of ether oxygens (including phenoxy) is 1. The maximum Gasteiger partial charge on any atom is 0.139 e. The number of nitrogens with zero attached hydrogens (tertiary/aromatic N) is 1. The van der Waals surface area contributed by atoms with Crippen LogP contribution in [0.5, 0.6) is 5.75 Å². The van der Waals surface area contributed by atoms with Crippen molar-refractivity contribution < 1.29 is 4.74 Å². The predicted molar refractivity (Wildman–Crippen MR) is 67.5 cm³/mol.